The predicted molar refractivity (Wildman–Crippen MR) is 115 cm³/mol. The Hall–Kier alpha value is -3.28. The number of pyridine rings is 1. The molecule has 0 bridgehead atoms. The Balaban J connectivity index is 1.64. The summed E-state index contributed by atoms with van der Waals surface area (Å²) in [6.07, 6.45) is 5.99. The summed E-state index contributed by atoms with van der Waals surface area (Å²) in [5.74, 6) is 1.07. The topological polar surface area (TPSA) is 80.9 Å². The molecule has 0 saturated heterocycles. The van der Waals surface area contributed by atoms with Gasteiger partial charge in [-0.25, -0.2) is 0 Å². The van der Waals surface area contributed by atoms with Crippen molar-refractivity contribution >= 4 is 5.71 Å². The quantitative estimate of drug-likeness (QED) is 0.430. The van der Waals surface area contributed by atoms with E-state index in [2.05, 4.69) is 23.9 Å². The van der Waals surface area contributed by atoms with Crippen molar-refractivity contribution in [3.05, 3.63) is 71.3 Å². The highest BCUT2D eigenvalue weighted by Crippen LogP contribution is 2.17. The van der Waals surface area contributed by atoms with Gasteiger partial charge in [0.25, 0.3) is 5.56 Å². The molecule has 1 atom stereocenters. The minimum Gasteiger partial charge on any atom is -0.494 e. The summed E-state index contributed by atoms with van der Waals surface area (Å²) in [6, 6.07) is 14.2. The van der Waals surface area contributed by atoms with Crippen molar-refractivity contribution in [2.24, 2.45) is 5.92 Å². The first kappa shape index (κ1) is 20.5. The molecule has 150 valence electrons. The van der Waals surface area contributed by atoms with E-state index in [4.69, 9.17) is 10.1 Å². The molecule has 3 aromatic rings. The van der Waals surface area contributed by atoms with Gasteiger partial charge in [0.1, 0.15) is 5.75 Å². The highest BCUT2D eigenvalue weighted by Gasteiger charge is 2.07. The van der Waals surface area contributed by atoms with Gasteiger partial charge in [-0.3, -0.25) is 9.78 Å². The first-order chi connectivity index (χ1) is 14.1. The first-order valence-electron chi connectivity index (χ1n) is 9.90. The van der Waals surface area contributed by atoms with Crippen LogP contribution in [0.2, 0.25) is 0 Å². The molecule has 0 aliphatic rings. The maximum absolute atomic E-state index is 12.3. The van der Waals surface area contributed by atoms with Gasteiger partial charge in [0.2, 0.25) is 0 Å². The highest BCUT2D eigenvalue weighted by atomic mass is 16.5. The zero-order chi connectivity index (χ0) is 20.6. The van der Waals surface area contributed by atoms with Gasteiger partial charge in [0, 0.05) is 29.7 Å². The fraction of sp³-hybridized carbons (Fsp3) is 0.304. The molecule has 0 radical (unpaired) electrons. The van der Waals surface area contributed by atoms with E-state index < -0.39 is 0 Å². The molecule has 0 amide bonds. The zero-order valence-corrected chi connectivity index (χ0v) is 16.8. The fourth-order valence-corrected chi connectivity index (χ4v) is 2.89. The molecule has 6 nitrogen and oxygen atoms in total. The molecule has 1 N–H and O–H groups in total. The van der Waals surface area contributed by atoms with Gasteiger partial charge < -0.3 is 10.1 Å². The average molecular weight is 390 g/mol. The Labute approximate surface area is 170 Å². The Morgan fingerprint density at radius 3 is 2.66 bits per heavy atom. The Bertz CT molecular complexity index is 997. The van der Waals surface area contributed by atoms with Crippen molar-refractivity contribution in [3.63, 3.8) is 0 Å². The van der Waals surface area contributed by atoms with Gasteiger partial charge in [0.05, 0.1) is 18.0 Å². The van der Waals surface area contributed by atoms with Crippen molar-refractivity contribution in [1.82, 2.24) is 14.8 Å². The third-order valence-electron chi connectivity index (χ3n) is 4.91. The molecule has 0 unspecified atom stereocenters. The van der Waals surface area contributed by atoms with Crippen LogP contribution in [0.25, 0.3) is 16.9 Å². The summed E-state index contributed by atoms with van der Waals surface area (Å²) in [5.41, 5.74) is 2.79. The lowest BCUT2D eigenvalue weighted by molar-refractivity contribution is 0.313. The minimum atomic E-state index is -0.199. The van der Waals surface area contributed by atoms with Crippen LogP contribution >= 0.6 is 0 Å². The Morgan fingerprint density at radius 2 is 1.97 bits per heavy atom. The van der Waals surface area contributed by atoms with Crippen LogP contribution in [-0.2, 0) is 0 Å². The lowest BCUT2D eigenvalue weighted by atomic mass is 9.99. The molecular formula is C23H26N4O2. The molecule has 29 heavy (non-hydrogen) atoms. The molecule has 0 aliphatic heterocycles. The van der Waals surface area contributed by atoms with Crippen LogP contribution in [0.5, 0.6) is 5.75 Å². The second-order valence-electron chi connectivity index (χ2n) is 6.99. The van der Waals surface area contributed by atoms with E-state index in [0.29, 0.717) is 23.9 Å². The van der Waals surface area contributed by atoms with Crippen molar-refractivity contribution in [3.8, 4) is 22.7 Å². The van der Waals surface area contributed by atoms with Crippen molar-refractivity contribution in [2.75, 3.05) is 6.61 Å². The molecule has 0 fully saturated rings. The molecule has 3 rings (SSSR count). The molecule has 0 aliphatic carbocycles. The largest absolute Gasteiger partial charge is 0.494 e. The van der Waals surface area contributed by atoms with E-state index >= 15 is 0 Å². The number of ether oxygens (including phenoxy) is 1. The van der Waals surface area contributed by atoms with Crippen LogP contribution in [0, 0.1) is 11.3 Å². The van der Waals surface area contributed by atoms with Gasteiger partial charge in [0.15, 0.2) is 0 Å². The molecule has 2 heterocycles. The predicted octanol–water partition coefficient (Wildman–Crippen LogP) is 4.52. The fourth-order valence-electron chi connectivity index (χ4n) is 2.89. The molecular weight excluding hydrogens is 364 g/mol. The molecule has 0 spiro atoms. The average Bonchev–Trinajstić information content (AvgIpc) is 2.77. The zero-order valence-electron chi connectivity index (χ0n) is 16.8. The van der Waals surface area contributed by atoms with E-state index in [1.807, 2.05) is 36.4 Å². The van der Waals surface area contributed by atoms with Gasteiger partial charge in [-0.05, 0) is 67.6 Å². The summed E-state index contributed by atoms with van der Waals surface area (Å²) in [5, 5.41) is 12.5. The van der Waals surface area contributed by atoms with Crippen LogP contribution in [0.15, 0.2) is 65.7 Å². The van der Waals surface area contributed by atoms with Crippen molar-refractivity contribution < 1.29 is 4.74 Å². The van der Waals surface area contributed by atoms with Crippen LogP contribution in [0.1, 0.15) is 33.1 Å². The van der Waals surface area contributed by atoms with Crippen LogP contribution in [0.4, 0.5) is 0 Å². The van der Waals surface area contributed by atoms with E-state index in [0.717, 1.165) is 36.3 Å². The SMILES string of the molecule is CC[C@@H](C)C(=N)CCCOc1ccc(-n2nc(-c3cccnc3)ccc2=O)cc1. The van der Waals surface area contributed by atoms with Crippen molar-refractivity contribution in [1.29, 1.82) is 5.41 Å². The molecule has 1 aromatic carbocycles. The second-order valence-corrected chi connectivity index (χ2v) is 6.99. The third kappa shape index (κ3) is 5.38. The lowest BCUT2D eigenvalue weighted by Crippen LogP contribution is -2.20. The summed E-state index contributed by atoms with van der Waals surface area (Å²) in [7, 11) is 0. The lowest BCUT2D eigenvalue weighted by Gasteiger charge is -2.11. The van der Waals surface area contributed by atoms with Crippen molar-refractivity contribution in [2.45, 2.75) is 33.1 Å². The minimum absolute atomic E-state index is 0.199. The molecule has 6 heteroatoms. The molecule has 2 aromatic heterocycles. The third-order valence-corrected chi connectivity index (χ3v) is 4.91. The number of nitrogens with one attached hydrogen (secondary N) is 1. The molecule has 0 saturated carbocycles. The Morgan fingerprint density at radius 1 is 1.17 bits per heavy atom. The number of hydrogen-bond donors (Lipinski definition) is 1. The number of aromatic nitrogens is 3. The first-order valence-corrected chi connectivity index (χ1v) is 9.90. The number of nitrogens with zero attached hydrogens (tertiary/aromatic N) is 3. The Kier molecular flexibility index (Phi) is 6.89. The highest BCUT2D eigenvalue weighted by molar-refractivity contribution is 5.83. The maximum Gasteiger partial charge on any atom is 0.271 e. The summed E-state index contributed by atoms with van der Waals surface area (Å²) in [6.45, 7) is 4.75. The van der Waals surface area contributed by atoms with Crippen LogP contribution in [0.3, 0.4) is 0 Å². The van der Waals surface area contributed by atoms with E-state index in [9.17, 15) is 4.79 Å². The van der Waals surface area contributed by atoms with E-state index in [1.165, 1.54) is 10.7 Å². The van der Waals surface area contributed by atoms with Gasteiger partial charge >= 0.3 is 0 Å². The standard InChI is InChI=1S/C23H26N4O2/c1-3-17(2)21(24)7-5-15-29-20-10-8-19(9-11-20)27-23(28)13-12-22(26-27)18-6-4-14-25-16-18/h4,6,8-14,16-17,24H,3,5,7,15H2,1-2H3/t17-/m1/s1. The smallest absolute Gasteiger partial charge is 0.271 e. The van der Waals surface area contributed by atoms with Gasteiger partial charge in [-0.2, -0.15) is 9.78 Å². The summed E-state index contributed by atoms with van der Waals surface area (Å²) < 4.78 is 7.15. The van der Waals surface area contributed by atoms with E-state index in [1.54, 1.807) is 18.5 Å². The normalized spacial score (nSPS) is 11.8. The van der Waals surface area contributed by atoms with E-state index in [-0.39, 0.29) is 5.56 Å². The summed E-state index contributed by atoms with van der Waals surface area (Å²) >= 11 is 0. The number of hydrogen-bond acceptors (Lipinski definition) is 5. The van der Waals surface area contributed by atoms with Crippen LogP contribution in [-0.4, -0.2) is 27.1 Å². The van der Waals surface area contributed by atoms with Gasteiger partial charge in [-0.1, -0.05) is 13.8 Å². The van der Waals surface area contributed by atoms with Gasteiger partial charge in [-0.15, -0.1) is 0 Å². The second kappa shape index (κ2) is 9.78. The number of benzene rings is 1. The monoisotopic (exact) mass is 390 g/mol. The number of rotatable bonds is 9. The maximum atomic E-state index is 12.3. The summed E-state index contributed by atoms with van der Waals surface area (Å²) in [4.78, 5) is 16.4. The van der Waals surface area contributed by atoms with Crippen LogP contribution < -0.4 is 10.3 Å².